The molecule has 2 aliphatic heterocycles. The molecule has 19 heavy (non-hydrogen) atoms. The quantitative estimate of drug-likeness (QED) is 0.830. The molecule has 2 heterocycles. The Morgan fingerprint density at radius 3 is 3.00 bits per heavy atom. The van der Waals surface area contributed by atoms with Gasteiger partial charge in [0.25, 0.3) is 5.91 Å². The van der Waals surface area contributed by atoms with Gasteiger partial charge in [-0.05, 0) is 30.5 Å². The van der Waals surface area contributed by atoms with Gasteiger partial charge >= 0.3 is 0 Å². The highest BCUT2D eigenvalue weighted by Gasteiger charge is 2.26. The van der Waals surface area contributed by atoms with E-state index in [1.807, 2.05) is 18.2 Å². The first kappa shape index (κ1) is 12.3. The van der Waals surface area contributed by atoms with Gasteiger partial charge in [0.2, 0.25) is 6.79 Å². The molecule has 0 spiro atoms. The molecular formula is C14H17NO4. The van der Waals surface area contributed by atoms with Gasteiger partial charge in [0.1, 0.15) is 6.10 Å². The standard InChI is InChI=1S/C14H17NO4/c1-15(14(16)12-3-2-6-17-12)8-10-4-5-11-13(7-10)19-9-18-11/h4-5,7,12H,2-3,6,8-9H2,1H3/t12-/m0/s1. The van der Waals surface area contributed by atoms with Gasteiger partial charge in [0.15, 0.2) is 11.5 Å². The summed E-state index contributed by atoms with van der Waals surface area (Å²) in [5.74, 6) is 1.56. The first-order chi connectivity index (χ1) is 9.24. The van der Waals surface area contributed by atoms with Crippen molar-refractivity contribution in [1.82, 2.24) is 4.90 Å². The maximum absolute atomic E-state index is 12.1. The summed E-state index contributed by atoms with van der Waals surface area (Å²) in [5, 5.41) is 0. The number of nitrogens with zero attached hydrogens (tertiary/aromatic N) is 1. The fraction of sp³-hybridized carbons (Fsp3) is 0.500. The number of fused-ring (bicyclic) bond motifs is 1. The molecule has 3 rings (SSSR count). The summed E-state index contributed by atoms with van der Waals surface area (Å²) in [5.41, 5.74) is 1.03. The Kier molecular flexibility index (Phi) is 3.29. The zero-order valence-electron chi connectivity index (χ0n) is 10.9. The molecule has 0 aliphatic carbocycles. The Bertz CT molecular complexity index is 482. The number of likely N-dealkylation sites (N-methyl/N-ethyl adjacent to an activating group) is 1. The molecule has 5 nitrogen and oxygen atoms in total. The van der Waals surface area contributed by atoms with Crippen LogP contribution in [-0.4, -0.2) is 37.4 Å². The summed E-state index contributed by atoms with van der Waals surface area (Å²) in [7, 11) is 1.80. The van der Waals surface area contributed by atoms with Gasteiger partial charge in [0.05, 0.1) is 0 Å². The highest BCUT2D eigenvalue weighted by Crippen LogP contribution is 2.32. The molecule has 1 saturated heterocycles. The van der Waals surface area contributed by atoms with Crippen molar-refractivity contribution in [2.45, 2.75) is 25.5 Å². The minimum Gasteiger partial charge on any atom is -0.454 e. The lowest BCUT2D eigenvalue weighted by Gasteiger charge is -2.20. The predicted octanol–water partition coefficient (Wildman–Crippen LogP) is 1.55. The molecule has 0 unspecified atom stereocenters. The van der Waals surface area contributed by atoms with Gasteiger partial charge in [-0.15, -0.1) is 0 Å². The van der Waals surface area contributed by atoms with Crippen LogP contribution in [0.15, 0.2) is 18.2 Å². The highest BCUT2D eigenvalue weighted by molar-refractivity contribution is 5.80. The molecule has 0 N–H and O–H groups in total. The average Bonchev–Trinajstić information content (AvgIpc) is 3.08. The van der Waals surface area contributed by atoms with Crippen molar-refractivity contribution in [2.24, 2.45) is 0 Å². The molecule has 0 aromatic heterocycles. The van der Waals surface area contributed by atoms with Crippen molar-refractivity contribution in [3.63, 3.8) is 0 Å². The first-order valence-corrected chi connectivity index (χ1v) is 6.49. The van der Waals surface area contributed by atoms with Gasteiger partial charge in [-0.3, -0.25) is 4.79 Å². The second kappa shape index (κ2) is 5.09. The van der Waals surface area contributed by atoms with Gasteiger partial charge in [-0.1, -0.05) is 6.07 Å². The Labute approximate surface area is 112 Å². The topological polar surface area (TPSA) is 48.0 Å². The van der Waals surface area contributed by atoms with Crippen LogP contribution in [0, 0.1) is 0 Å². The molecule has 1 fully saturated rings. The zero-order valence-corrected chi connectivity index (χ0v) is 10.9. The number of amides is 1. The summed E-state index contributed by atoms with van der Waals surface area (Å²) in [6, 6.07) is 5.75. The Hall–Kier alpha value is -1.75. The third kappa shape index (κ3) is 2.51. The molecule has 0 saturated carbocycles. The number of hydrogen-bond donors (Lipinski definition) is 0. The van der Waals surface area contributed by atoms with E-state index in [-0.39, 0.29) is 18.8 Å². The van der Waals surface area contributed by atoms with E-state index in [0.717, 1.165) is 29.9 Å². The lowest BCUT2D eigenvalue weighted by Crippen LogP contribution is -2.35. The second-order valence-corrected chi connectivity index (χ2v) is 4.88. The molecule has 5 heteroatoms. The number of ether oxygens (including phenoxy) is 3. The van der Waals surface area contributed by atoms with E-state index in [1.54, 1.807) is 11.9 Å². The maximum atomic E-state index is 12.1. The van der Waals surface area contributed by atoms with Crippen molar-refractivity contribution in [1.29, 1.82) is 0 Å². The van der Waals surface area contributed by atoms with Crippen molar-refractivity contribution in [3.8, 4) is 11.5 Å². The maximum Gasteiger partial charge on any atom is 0.251 e. The fourth-order valence-electron chi connectivity index (χ4n) is 2.41. The van der Waals surface area contributed by atoms with Gasteiger partial charge in [-0.25, -0.2) is 0 Å². The molecule has 1 aromatic rings. The van der Waals surface area contributed by atoms with Crippen LogP contribution in [0.2, 0.25) is 0 Å². The highest BCUT2D eigenvalue weighted by atomic mass is 16.7. The van der Waals surface area contributed by atoms with E-state index in [0.29, 0.717) is 13.2 Å². The fourth-order valence-corrected chi connectivity index (χ4v) is 2.41. The minimum atomic E-state index is -0.265. The third-order valence-corrected chi connectivity index (χ3v) is 3.44. The second-order valence-electron chi connectivity index (χ2n) is 4.88. The smallest absolute Gasteiger partial charge is 0.251 e. The molecule has 0 bridgehead atoms. The lowest BCUT2D eigenvalue weighted by molar-refractivity contribution is -0.140. The summed E-state index contributed by atoms with van der Waals surface area (Å²) >= 11 is 0. The van der Waals surface area contributed by atoms with E-state index in [2.05, 4.69) is 0 Å². The number of carbonyl (C=O) groups is 1. The van der Waals surface area contributed by atoms with Crippen molar-refractivity contribution >= 4 is 5.91 Å². The number of carbonyl (C=O) groups excluding carboxylic acids is 1. The Balaban J connectivity index is 1.65. The van der Waals surface area contributed by atoms with Crippen LogP contribution in [0.25, 0.3) is 0 Å². The SMILES string of the molecule is CN(Cc1ccc2c(c1)OCO2)C(=O)[C@@H]1CCCO1. The third-order valence-electron chi connectivity index (χ3n) is 3.44. The summed E-state index contributed by atoms with van der Waals surface area (Å²) in [6.45, 7) is 1.51. The molecule has 1 atom stereocenters. The van der Waals surface area contributed by atoms with Crippen LogP contribution in [-0.2, 0) is 16.1 Å². The van der Waals surface area contributed by atoms with Crippen LogP contribution < -0.4 is 9.47 Å². The number of benzene rings is 1. The predicted molar refractivity (Wildman–Crippen MR) is 68.0 cm³/mol. The van der Waals surface area contributed by atoms with Crippen molar-refractivity contribution < 1.29 is 19.0 Å². The average molecular weight is 263 g/mol. The van der Waals surface area contributed by atoms with Crippen LogP contribution in [0.5, 0.6) is 11.5 Å². The minimum absolute atomic E-state index is 0.0511. The van der Waals surface area contributed by atoms with E-state index in [1.165, 1.54) is 0 Å². The zero-order chi connectivity index (χ0) is 13.2. The van der Waals surface area contributed by atoms with Gasteiger partial charge in [-0.2, -0.15) is 0 Å². The Morgan fingerprint density at radius 1 is 1.37 bits per heavy atom. The van der Waals surface area contributed by atoms with Gasteiger partial charge in [0, 0.05) is 20.2 Å². The van der Waals surface area contributed by atoms with Crippen molar-refractivity contribution in [3.05, 3.63) is 23.8 Å². The molecule has 2 aliphatic rings. The first-order valence-electron chi connectivity index (χ1n) is 6.49. The summed E-state index contributed by atoms with van der Waals surface area (Å²) in [4.78, 5) is 13.8. The normalized spacial score (nSPS) is 20.6. The van der Waals surface area contributed by atoms with E-state index in [9.17, 15) is 4.79 Å². The van der Waals surface area contributed by atoms with Crippen molar-refractivity contribution in [2.75, 3.05) is 20.4 Å². The van der Waals surface area contributed by atoms with E-state index >= 15 is 0 Å². The molecule has 0 radical (unpaired) electrons. The summed E-state index contributed by atoms with van der Waals surface area (Å²) < 4.78 is 16.0. The molecule has 102 valence electrons. The Morgan fingerprint density at radius 2 is 2.21 bits per heavy atom. The van der Waals surface area contributed by atoms with E-state index < -0.39 is 0 Å². The largest absolute Gasteiger partial charge is 0.454 e. The van der Waals surface area contributed by atoms with Crippen LogP contribution in [0.1, 0.15) is 18.4 Å². The molecule has 1 amide bonds. The van der Waals surface area contributed by atoms with E-state index in [4.69, 9.17) is 14.2 Å². The molecule has 1 aromatic carbocycles. The monoisotopic (exact) mass is 263 g/mol. The van der Waals surface area contributed by atoms with Crippen LogP contribution in [0.4, 0.5) is 0 Å². The number of hydrogen-bond acceptors (Lipinski definition) is 4. The van der Waals surface area contributed by atoms with Gasteiger partial charge < -0.3 is 19.1 Å². The lowest BCUT2D eigenvalue weighted by atomic mass is 10.1. The van der Waals surface area contributed by atoms with Crippen LogP contribution >= 0.6 is 0 Å². The van der Waals surface area contributed by atoms with Crippen LogP contribution in [0.3, 0.4) is 0 Å². The summed E-state index contributed by atoms with van der Waals surface area (Å²) in [6.07, 6.45) is 1.53. The number of rotatable bonds is 3. The molecular weight excluding hydrogens is 246 g/mol.